The molecule has 0 aromatic rings. The fraction of sp³-hybridized carbons (Fsp3) is 0.875. The van der Waals surface area contributed by atoms with Crippen molar-refractivity contribution >= 4 is 5.97 Å². The topological polar surface area (TPSA) is 55.8 Å². The highest BCUT2D eigenvalue weighted by atomic mass is 19.4. The van der Waals surface area contributed by atoms with Crippen molar-refractivity contribution in [3.63, 3.8) is 0 Å². The molecule has 4 nitrogen and oxygen atoms in total. The standard InChI is InChI=1S/C8H13F3O4/c1-5(4-14-2)15-6(3-7(12)13)8(9,10)11/h5-6H,3-4H2,1-2H3,(H,12,13). The number of aliphatic carboxylic acids is 1. The van der Waals surface area contributed by atoms with E-state index in [-0.39, 0.29) is 6.61 Å². The van der Waals surface area contributed by atoms with Crippen LogP contribution in [0.1, 0.15) is 13.3 Å². The second-order valence-corrected chi connectivity index (χ2v) is 3.03. The van der Waals surface area contributed by atoms with Crippen LogP contribution in [0.4, 0.5) is 13.2 Å². The summed E-state index contributed by atoms with van der Waals surface area (Å²) in [7, 11) is 1.32. The Morgan fingerprint density at radius 1 is 1.47 bits per heavy atom. The predicted octanol–water partition coefficient (Wildman–Crippen LogP) is 1.44. The van der Waals surface area contributed by atoms with Crippen LogP contribution in [-0.4, -0.2) is 43.2 Å². The number of hydrogen-bond donors (Lipinski definition) is 1. The van der Waals surface area contributed by atoms with Gasteiger partial charge in [-0.05, 0) is 6.92 Å². The van der Waals surface area contributed by atoms with Crippen molar-refractivity contribution in [3.05, 3.63) is 0 Å². The first-order chi connectivity index (χ1) is 6.77. The number of carbonyl (C=O) groups is 1. The third-order valence-electron chi connectivity index (χ3n) is 1.52. The van der Waals surface area contributed by atoms with Crippen molar-refractivity contribution in [2.45, 2.75) is 31.7 Å². The molecule has 0 aromatic heterocycles. The van der Waals surface area contributed by atoms with E-state index < -0.39 is 30.8 Å². The number of carboxylic acid groups (broad SMARTS) is 1. The Morgan fingerprint density at radius 3 is 2.33 bits per heavy atom. The van der Waals surface area contributed by atoms with Crippen LogP contribution in [0, 0.1) is 0 Å². The first-order valence-corrected chi connectivity index (χ1v) is 4.20. The highest BCUT2D eigenvalue weighted by molar-refractivity contribution is 5.67. The molecule has 0 rings (SSSR count). The van der Waals surface area contributed by atoms with Crippen molar-refractivity contribution in [2.24, 2.45) is 0 Å². The smallest absolute Gasteiger partial charge is 0.415 e. The molecule has 0 fully saturated rings. The minimum absolute atomic E-state index is 0.0216. The van der Waals surface area contributed by atoms with Gasteiger partial charge in [-0.2, -0.15) is 13.2 Å². The maximum atomic E-state index is 12.3. The Balaban J connectivity index is 4.31. The summed E-state index contributed by atoms with van der Waals surface area (Å²) in [6.45, 7) is 1.36. The molecule has 0 heterocycles. The summed E-state index contributed by atoms with van der Waals surface area (Å²) in [4.78, 5) is 10.2. The highest BCUT2D eigenvalue weighted by Gasteiger charge is 2.42. The third kappa shape index (κ3) is 6.29. The van der Waals surface area contributed by atoms with Crippen molar-refractivity contribution in [2.75, 3.05) is 13.7 Å². The zero-order chi connectivity index (χ0) is 12.1. The van der Waals surface area contributed by atoms with Gasteiger partial charge in [0.25, 0.3) is 0 Å². The predicted molar refractivity (Wildman–Crippen MR) is 44.5 cm³/mol. The molecule has 0 amide bonds. The van der Waals surface area contributed by atoms with Crippen LogP contribution in [0.5, 0.6) is 0 Å². The molecule has 0 radical (unpaired) electrons. The van der Waals surface area contributed by atoms with E-state index in [2.05, 4.69) is 9.47 Å². The van der Waals surface area contributed by atoms with Crippen LogP contribution in [0.15, 0.2) is 0 Å². The van der Waals surface area contributed by atoms with Gasteiger partial charge in [0.15, 0.2) is 6.10 Å². The number of halogens is 3. The number of rotatable bonds is 6. The van der Waals surface area contributed by atoms with Gasteiger partial charge in [0.2, 0.25) is 0 Å². The lowest BCUT2D eigenvalue weighted by Crippen LogP contribution is -2.37. The molecule has 0 aliphatic rings. The summed E-state index contributed by atoms with van der Waals surface area (Å²) in [5.41, 5.74) is 0. The first kappa shape index (κ1) is 14.2. The van der Waals surface area contributed by atoms with E-state index in [1.54, 1.807) is 0 Å². The molecule has 0 aliphatic heterocycles. The van der Waals surface area contributed by atoms with E-state index in [0.717, 1.165) is 0 Å². The summed E-state index contributed by atoms with van der Waals surface area (Å²) in [5, 5.41) is 8.28. The number of ether oxygens (including phenoxy) is 2. The fourth-order valence-electron chi connectivity index (χ4n) is 0.954. The van der Waals surface area contributed by atoms with Gasteiger partial charge >= 0.3 is 12.1 Å². The van der Waals surface area contributed by atoms with Gasteiger partial charge in [0, 0.05) is 7.11 Å². The van der Waals surface area contributed by atoms with Gasteiger partial charge in [-0.1, -0.05) is 0 Å². The van der Waals surface area contributed by atoms with E-state index in [9.17, 15) is 18.0 Å². The second-order valence-electron chi connectivity index (χ2n) is 3.03. The summed E-state index contributed by atoms with van der Waals surface area (Å²) in [6, 6.07) is 0. The van der Waals surface area contributed by atoms with Crippen LogP contribution in [0.2, 0.25) is 0 Å². The number of methoxy groups -OCH3 is 1. The molecule has 0 spiro atoms. The van der Waals surface area contributed by atoms with E-state index >= 15 is 0 Å². The van der Waals surface area contributed by atoms with Crippen LogP contribution in [-0.2, 0) is 14.3 Å². The van der Waals surface area contributed by atoms with E-state index in [1.165, 1.54) is 14.0 Å². The van der Waals surface area contributed by atoms with Gasteiger partial charge < -0.3 is 14.6 Å². The summed E-state index contributed by atoms with van der Waals surface area (Å²) in [6.07, 6.45) is -8.88. The average Bonchev–Trinajstić information content (AvgIpc) is 2.00. The second kappa shape index (κ2) is 5.92. The molecule has 0 aliphatic carbocycles. The molecule has 2 atom stereocenters. The fourth-order valence-corrected chi connectivity index (χ4v) is 0.954. The minimum atomic E-state index is -4.68. The van der Waals surface area contributed by atoms with Crippen molar-refractivity contribution in [1.82, 2.24) is 0 Å². The van der Waals surface area contributed by atoms with Gasteiger partial charge in [-0.25, -0.2) is 0 Å². The summed E-state index contributed by atoms with van der Waals surface area (Å²) < 4.78 is 45.9. The molecule has 0 saturated heterocycles. The average molecular weight is 230 g/mol. The van der Waals surface area contributed by atoms with Crippen LogP contribution >= 0.6 is 0 Å². The molecule has 0 saturated carbocycles. The third-order valence-corrected chi connectivity index (χ3v) is 1.52. The Kier molecular flexibility index (Phi) is 5.59. The van der Waals surface area contributed by atoms with Gasteiger partial charge in [-0.3, -0.25) is 4.79 Å². The Labute approximate surface area is 85.0 Å². The summed E-state index contributed by atoms with van der Waals surface area (Å²) >= 11 is 0. The van der Waals surface area contributed by atoms with Gasteiger partial charge in [0.05, 0.1) is 19.1 Å². The summed E-state index contributed by atoms with van der Waals surface area (Å²) in [5.74, 6) is -1.55. The van der Waals surface area contributed by atoms with Crippen LogP contribution in [0.3, 0.4) is 0 Å². The van der Waals surface area contributed by atoms with Crippen molar-refractivity contribution < 1.29 is 32.5 Å². The van der Waals surface area contributed by atoms with Crippen LogP contribution < -0.4 is 0 Å². The first-order valence-electron chi connectivity index (χ1n) is 4.20. The molecule has 0 aromatic carbocycles. The zero-order valence-electron chi connectivity index (χ0n) is 8.37. The van der Waals surface area contributed by atoms with Crippen molar-refractivity contribution in [1.29, 1.82) is 0 Å². The maximum Gasteiger partial charge on any atom is 0.415 e. The van der Waals surface area contributed by atoms with E-state index in [0.29, 0.717) is 0 Å². The Morgan fingerprint density at radius 2 is 2.00 bits per heavy atom. The number of hydrogen-bond acceptors (Lipinski definition) is 3. The lowest BCUT2D eigenvalue weighted by molar-refractivity contribution is -0.237. The Bertz CT molecular complexity index is 205. The van der Waals surface area contributed by atoms with Gasteiger partial charge in [0.1, 0.15) is 0 Å². The van der Waals surface area contributed by atoms with Crippen LogP contribution in [0.25, 0.3) is 0 Å². The number of alkyl halides is 3. The zero-order valence-corrected chi connectivity index (χ0v) is 8.37. The Hall–Kier alpha value is -0.820. The molecule has 1 N–H and O–H groups in total. The molecule has 90 valence electrons. The van der Waals surface area contributed by atoms with Crippen molar-refractivity contribution in [3.8, 4) is 0 Å². The molecule has 15 heavy (non-hydrogen) atoms. The lowest BCUT2D eigenvalue weighted by Gasteiger charge is -2.22. The quantitative estimate of drug-likeness (QED) is 0.750. The molecule has 2 unspecified atom stereocenters. The molecular formula is C8H13F3O4. The highest BCUT2D eigenvalue weighted by Crippen LogP contribution is 2.26. The lowest BCUT2D eigenvalue weighted by atomic mass is 10.2. The normalized spacial score (nSPS) is 16.1. The van der Waals surface area contributed by atoms with Gasteiger partial charge in [-0.15, -0.1) is 0 Å². The molecular weight excluding hydrogens is 217 g/mol. The molecule has 0 bridgehead atoms. The van der Waals surface area contributed by atoms with E-state index in [1.807, 2.05) is 0 Å². The molecule has 7 heteroatoms. The number of carboxylic acids is 1. The maximum absolute atomic E-state index is 12.3. The largest absolute Gasteiger partial charge is 0.481 e. The minimum Gasteiger partial charge on any atom is -0.481 e. The van der Waals surface area contributed by atoms with E-state index in [4.69, 9.17) is 5.11 Å². The SMILES string of the molecule is COCC(C)OC(CC(=O)O)C(F)(F)F. The monoisotopic (exact) mass is 230 g/mol.